The van der Waals surface area contributed by atoms with E-state index in [1.165, 1.54) is 59.3 Å². The van der Waals surface area contributed by atoms with Crippen molar-refractivity contribution < 1.29 is 102 Å². The van der Waals surface area contributed by atoms with E-state index in [0.29, 0.717) is 44.9 Å². The number of fused-ring (bicyclic) bond motifs is 4. The zero-order valence-electron chi connectivity index (χ0n) is 72.7. The number of amides is 17. The van der Waals surface area contributed by atoms with E-state index >= 15 is 24.0 Å². The Hall–Kier alpha value is -13.0. The third-order valence-corrected chi connectivity index (χ3v) is 23.9. The van der Waals surface area contributed by atoms with Gasteiger partial charge >= 0.3 is 0 Å². The summed E-state index contributed by atoms with van der Waals surface area (Å²) in [7, 11) is 3.76. The minimum absolute atomic E-state index is 0.0199. The molecule has 3 saturated heterocycles. The van der Waals surface area contributed by atoms with Gasteiger partial charge in [0.15, 0.2) is 5.96 Å². The number of H-pyrrole nitrogens is 2. The third kappa shape index (κ3) is 28.0. The standard InChI is InChI=1S/C84H119N23O21S/c1-7-8-20-64-76(121)100-61(36-67(86)112)83(128)106-30-14-21-65(106)77(122)101-62(41-109)75(120)97-57(27-31-108)82(127)107-40-50(111)35-66(107)78(123)98-58(33-47-37-91-53-17-11-9-15-51(47)53)74(119)96-56(26-28-85)73(118)99-60(34-48-38-92-54-18-12-10-16-52(48)54)80(125)104(5)45(3)79(124)103(4)44(2)70(115)95-55(19-13-29-90-84(88)89)72(117)102-63(71(116)93-39-68(87)113)42-129-43-69(114)94-59(81(126)105(64)6)32-46-22-24-49(110)25-23-46/h9-12,15-18,22-25,37-38,44-45,50,55-66,91-92,108-111H,7-8,13-14,19-21,26-36,39-43,85H2,1-6H3,(H2,86,112)(H2,87,113)(H,93,116)(H,94,114)(H,95,115)(H,96,119)(H,97,120)(H,98,123)(H,99,118)(H,100,121)(H,101,122)(H,102,117)(H4,88,89,90)/t44-,45-,50+,55-,56-,57-,58-,59-,60-,61-,62-,63?,64-,65-,66-/m0/s1. The molecule has 0 spiro atoms. The summed E-state index contributed by atoms with van der Waals surface area (Å²) in [4.78, 5) is 257. The first-order valence-corrected chi connectivity index (χ1v) is 43.6. The van der Waals surface area contributed by atoms with Crippen molar-refractivity contribution in [3.05, 3.63) is 102 Å². The molecule has 3 fully saturated rings. The highest BCUT2D eigenvalue weighted by Crippen LogP contribution is 2.27. The SMILES string of the molecule is CCCC[C@H]1C(=O)N[C@@H](CC(N)=O)C(=O)N2CCC[C@H]2C(=O)N[C@@H](CO)C(=O)N[C@@H](CCO)C(=O)N2C[C@H](O)C[C@H]2C(=O)N[C@@H](Cc2c[nH]c3ccccc23)C(=O)N[C@@H](CCN)C(=O)N[C@@H](Cc2c[nH]c3ccccc23)C(=O)N(C)[C@@H](C)C(=O)N(C)[C@@H](C)C(=O)N[C@@H](CCCNC(=N)N)C(=O)NC(C(=O)NCC(N)=O)CSCC(=O)N[C@@H](Cc2ccc(O)cc2)C(=O)N1C. The van der Waals surface area contributed by atoms with Gasteiger partial charge in [-0.2, -0.15) is 0 Å². The van der Waals surface area contributed by atoms with Gasteiger partial charge in [-0.25, -0.2) is 0 Å². The molecule has 44 nitrogen and oxygen atoms in total. The maximum absolute atomic E-state index is 15.3. The quantitative estimate of drug-likeness (QED) is 0.0164. The molecule has 0 aliphatic carbocycles. The Morgan fingerprint density at radius 2 is 1.07 bits per heavy atom. The summed E-state index contributed by atoms with van der Waals surface area (Å²) in [6.07, 6.45) is -0.679. The molecule has 0 radical (unpaired) electrons. The Morgan fingerprint density at radius 1 is 0.535 bits per heavy atom. The normalized spacial score (nSPS) is 25.3. The second-order valence-corrected chi connectivity index (χ2v) is 33.2. The van der Waals surface area contributed by atoms with E-state index in [9.17, 15) is 78.0 Å². The fourth-order valence-corrected chi connectivity index (χ4v) is 16.3. The number of likely N-dealkylation sites (N-methyl/N-ethyl adjacent to an activating group) is 3. The van der Waals surface area contributed by atoms with E-state index in [4.69, 9.17) is 28.3 Å². The Labute approximate surface area is 747 Å². The summed E-state index contributed by atoms with van der Waals surface area (Å²) in [5.41, 5.74) is 25.5. The van der Waals surface area contributed by atoms with Gasteiger partial charge in [0, 0.05) is 113 Å². The first kappa shape index (κ1) is 101. The molecule has 3 aromatic carbocycles. The van der Waals surface area contributed by atoms with Gasteiger partial charge in [-0.3, -0.25) is 86.9 Å². The maximum atomic E-state index is 15.3. The molecule has 1 unspecified atom stereocenters. The molecule has 0 bridgehead atoms. The number of thioether (sulfide) groups is 1. The van der Waals surface area contributed by atoms with Crippen LogP contribution in [-0.2, 0) is 101 Å². The average Bonchev–Trinajstić information content (AvgIpc) is 1.73. The minimum Gasteiger partial charge on any atom is -0.508 e. The second-order valence-electron chi connectivity index (χ2n) is 32.2. The van der Waals surface area contributed by atoms with Gasteiger partial charge in [-0.15, -0.1) is 11.8 Å². The number of phenols is 1. The van der Waals surface area contributed by atoms with Gasteiger partial charge < -0.3 is 136 Å². The van der Waals surface area contributed by atoms with Gasteiger partial charge in [0.05, 0.1) is 31.4 Å². The highest BCUT2D eigenvalue weighted by molar-refractivity contribution is 8.00. The Kier molecular flexibility index (Phi) is 37.9. The number of carbonyl (C=O) groups is 17. The van der Waals surface area contributed by atoms with Crippen LogP contribution in [0.2, 0.25) is 0 Å². The van der Waals surface area contributed by atoms with E-state index in [-0.39, 0.29) is 89.6 Å². The van der Waals surface area contributed by atoms with Crippen LogP contribution in [0.4, 0.5) is 0 Å². The number of aromatic nitrogens is 2. The number of rotatable bonds is 23. The topological polar surface area (TPSA) is 679 Å². The molecule has 702 valence electrons. The number of benzene rings is 3. The number of guanidine groups is 1. The van der Waals surface area contributed by atoms with E-state index in [0.717, 1.165) is 36.3 Å². The monoisotopic (exact) mass is 1820 g/mol. The van der Waals surface area contributed by atoms with Crippen molar-refractivity contribution in [2.75, 3.05) is 78.6 Å². The lowest BCUT2D eigenvalue weighted by molar-refractivity contribution is -0.148. The van der Waals surface area contributed by atoms with Gasteiger partial charge in [-0.1, -0.05) is 68.3 Å². The molecule has 8 rings (SSSR count). The van der Waals surface area contributed by atoms with E-state index < -0.39 is 254 Å². The van der Waals surface area contributed by atoms with Crippen molar-refractivity contribution in [1.82, 2.24) is 93.0 Å². The van der Waals surface area contributed by atoms with Crippen molar-refractivity contribution in [2.45, 2.75) is 201 Å². The van der Waals surface area contributed by atoms with Crippen LogP contribution in [0.15, 0.2) is 85.2 Å². The molecule has 3 aliphatic heterocycles. The molecule has 3 aliphatic rings. The largest absolute Gasteiger partial charge is 0.508 e. The van der Waals surface area contributed by atoms with Crippen LogP contribution in [0.25, 0.3) is 21.8 Å². The molecular formula is C84H119N23O21S. The Morgan fingerprint density at radius 3 is 1.68 bits per heavy atom. The van der Waals surface area contributed by atoms with Crippen molar-refractivity contribution in [3.8, 4) is 5.75 Å². The van der Waals surface area contributed by atoms with E-state index in [1.54, 1.807) is 67.8 Å². The molecule has 2 aromatic heterocycles. The summed E-state index contributed by atoms with van der Waals surface area (Å²) >= 11 is 0.748. The fraction of sp³-hybridized carbons (Fsp3) is 0.524. The zero-order chi connectivity index (χ0) is 94.6. The third-order valence-electron chi connectivity index (χ3n) is 22.9. The lowest BCUT2D eigenvalue weighted by Crippen LogP contribution is -2.61. The number of unbranched alkanes of at least 4 members (excludes halogenated alkanes) is 1. The molecule has 5 heterocycles. The van der Waals surface area contributed by atoms with Crippen molar-refractivity contribution in [3.63, 3.8) is 0 Å². The second kappa shape index (κ2) is 48.2. The summed E-state index contributed by atoms with van der Waals surface area (Å²) in [6, 6.07) is -2.83. The van der Waals surface area contributed by atoms with E-state index in [1.807, 2.05) is 0 Å². The lowest BCUT2D eigenvalue weighted by atomic mass is 10.0. The Bertz CT molecular complexity index is 4880. The number of para-hydroxylation sites is 2. The molecule has 17 amide bonds. The molecule has 5 aromatic rings. The van der Waals surface area contributed by atoms with Crippen molar-refractivity contribution in [2.24, 2.45) is 22.9 Å². The molecule has 45 heteroatoms. The summed E-state index contributed by atoms with van der Waals surface area (Å²) in [5.74, 6) is -18.4. The molecule has 26 N–H and O–H groups in total. The predicted octanol–water partition coefficient (Wildman–Crippen LogP) is -6.38. The number of aromatic hydroxyl groups is 1. The number of nitrogens with zero attached hydrogens (tertiary/aromatic N) is 5. The number of hydrogen-bond donors (Lipinski definition) is 22. The number of nitrogens with one attached hydrogen (secondary N) is 14. The highest BCUT2D eigenvalue weighted by Gasteiger charge is 2.46. The van der Waals surface area contributed by atoms with Gasteiger partial charge in [0.1, 0.15) is 90.3 Å². The molecule has 0 saturated carbocycles. The van der Waals surface area contributed by atoms with Crippen LogP contribution in [0, 0.1) is 5.41 Å². The molecular weight excluding hydrogens is 1700 g/mol. The number of aliphatic hydroxyl groups is 3. The minimum atomic E-state index is -1.90. The predicted molar refractivity (Wildman–Crippen MR) is 470 cm³/mol. The lowest BCUT2D eigenvalue weighted by Gasteiger charge is -2.34. The number of carbonyl (C=O) groups excluding carboxylic acids is 17. The smallest absolute Gasteiger partial charge is 0.246 e. The number of primary amides is 2. The van der Waals surface area contributed by atoms with Crippen LogP contribution < -0.4 is 81.4 Å². The van der Waals surface area contributed by atoms with Gasteiger partial charge in [0.25, 0.3) is 0 Å². The average molecular weight is 1820 g/mol. The van der Waals surface area contributed by atoms with Crippen LogP contribution in [0.5, 0.6) is 5.75 Å². The number of hydrogen-bond acceptors (Lipinski definition) is 24. The van der Waals surface area contributed by atoms with Crippen LogP contribution in [-0.4, -0.2) is 331 Å². The van der Waals surface area contributed by atoms with Gasteiger partial charge in [-0.05, 0) is 106 Å². The summed E-state index contributed by atoms with van der Waals surface area (Å²) in [5, 5.41) is 79.8. The first-order valence-electron chi connectivity index (χ1n) is 42.5. The molecule has 15 atom stereocenters. The first-order chi connectivity index (χ1) is 61.4. The van der Waals surface area contributed by atoms with Crippen LogP contribution in [0.3, 0.4) is 0 Å². The highest BCUT2D eigenvalue weighted by atomic mass is 32.2. The van der Waals surface area contributed by atoms with Crippen LogP contribution >= 0.6 is 11.8 Å². The van der Waals surface area contributed by atoms with Crippen molar-refractivity contribution >= 4 is 140 Å². The zero-order valence-corrected chi connectivity index (χ0v) is 73.5. The Balaban J connectivity index is 1.16. The number of aliphatic hydroxyl groups excluding tert-OH is 3. The fourth-order valence-electron chi connectivity index (χ4n) is 15.5. The maximum Gasteiger partial charge on any atom is 0.246 e. The van der Waals surface area contributed by atoms with Crippen molar-refractivity contribution in [1.29, 1.82) is 5.41 Å². The summed E-state index contributed by atoms with van der Waals surface area (Å²) < 4.78 is 0. The van der Waals surface area contributed by atoms with Crippen LogP contribution in [0.1, 0.15) is 108 Å². The number of phenolic OH excluding ortho intramolecular Hbond substituents is 1. The number of aromatic amines is 2. The summed E-state index contributed by atoms with van der Waals surface area (Å²) in [6.45, 7) is 0.795. The molecule has 129 heavy (non-hydrogen) atoms. The van der Waals surface area contributed by atoms with Gasteiger partial charge in [0.2, 0.25) is 100 Å². The van der Waals surface area contributed by atoms with E-state index in [2.05, 4.69) is 68.5 Å². The number of nitrogens with two attached hydrogens (primary N) is 4.